The number of rotatable bonds is 5. The standard InChI is InChI=1S/C12H12N4OS2/c17-5-10-16-8(6-19-10)1-3-13-11-9-2-4-18-12(9)15-7-14-11/h2,4,6-7,17H,1,3,5H2,(H,13,14,15). The number of nitrogens with one attached hydrogen (secondary N) is 1. The fourth-order valence-electron chi connectivity index (χ4n) is 1.78. The number of aromatic nitrogens is 3. The Kier molecular flexibility index (Phi) is 3.67. The van der Waals surface area contributed by atoms with Crippen LogP contribution in [0.2, 0.25) is 0 Å². The topological polar surface area (TPSA) is 70.9 Å². The summed E-state index contributed by atoms with van der Waals surface area (Å²) in [4.78, 5) is 13.8. The molecular weight excluding hydrogens is 280 g/mol. The van der Waals surface area contributed by atoms with Crippen LogP contribution in [-0.4, -0.2) is 26.6 Å². The van der Waals surface area contributed by atoms with Gasteiger partial charge in [0, 0.05) is 18.3 Å². The fraction of sp³-hybridized carbons (Fsp3) is 0.250. The molecule has 0 saturated heterocycles. The van der Waals surface area contributed by atoms with Gasteiger partial charge in [0.05, 0.1) is 17.7 Å². The predicted molar refractivity (Wildman–Crippen MR) is 77.6 cm³/mol. The maximum Gasteiger partial charge on any atom is 0.138 e. The van der Waals surface area contributed by atoms with Gasteiger partial charge in [-0.3, -0.25) is 0 Å². The lowest BCUT2D eigenvalue weighted by Crippen LogP contribution is -2.07. The van der Waals surface area contributed by atoms with Crippen LogP contribution in [0, 0.1) is 0 Å². The van der Waals surface area contributed by atoms with E-state index in [0.717, 1.165) is 39.7 Å². The van der Waals surface area contributed by atoms with Gasteiger partial charge in [0.15, 0.2) is 0 Å². The Hall–Kier alpha value is -1.57. The molecule has 0 aliphatic heterocycles. The summed E-state index contributed by atoms with van der Waals surface area (Å²) in [5.41, 5.74) is 0.997. The minimum atomic E-state index is 0.0134. The van der Waals surface area contributed by atoms with Gasteiger partial charge in [0.2, 0.25) is 0 Å². The third kappa shape index (κ3) is 2.73. The van der Waals surface area contributed by atoms with E-state index in [1.54, 1.807) is 17.7 Å². The monoisotopic (exact) mass is 292 g/mol. The number of fused-ring (bicyclic) bond motifs is 1. The van der Waals surface area contributed by atoms with E-state index in [9.17, 15) is 0 Å². The van der Waals surface area contributed by atoms with Crippen molar-refractivity contribution in [1.29, 1.82) is 0 Å². The molecule has 2 N–H and O–H groups in total. The first-order valence-electron chi connectivity index (χ1n) is 5.83. The van der Waals surface area contributed by atoms with Crippen LogP contribution in [0.5, 0.6) is 0 Å². The zero-order chi connectivity index (χ0) is 13.1. The molecule has 98 valence electrons. The molecule has 0 saturated carbocycles. The van der Waals surface area contributed by atoms with E-state index in [0.29, 0.717) is 0 Å². The zero-order valence-electron chi connectivity index (χ0n) is 10.0. The molecule has 3 rings (SSSR count). The van der Waals surface area contributed by atoms with Crippen LogP contribution < -0.4 is 5.32 Å². The Labute approximate surface area is 118 Å². The van der Waals surface area contributed by atoms with Crippen molar-refractivity contribution in [3.63, 3.8) is 0 Å². The number of thiophene rings is 1. The average Bonchev–Trinajstić information content (AvgIpc) is 3.07. The highest BCUT2D eigenvalue weighted by Crippen LogP contribution is 2.23. The van der Waals surface area contributed by atoms with E-state index >= 15 is 0 Å². The normalized spacial score (nSPS) is 11.0. The Balaban J connectivity index is 1.64. The second kappa shape index (κ2) is 5.60. The lowest BCUT2D eigenvalue weighted by molar-refractivity contribution is 0.281. The van der Waals surface area contributed by atoms with Crippen LogP contribution in [0.15, 0.2) is 23.2 Å². The van der Waals surface area contributed by atoms with Crippen molar-refractivity contribution in [2.24, 2.45) is 0 Å². The SMILES string of the molecule is OCc1nc(CCNc2ncnc3sccc23)cs1. The van der Waals surface area contributed by atoms with Gasteiger partial charge in [0.1, 0.15) is 22.0 Å². The summed E-state index contributed by atoms with van der Waals surface area (Å²) in [6, 6.07) is 2.02. The third-order valence-corrected chi connectivity index (χ3v) is 4.37. The van der Waals surface area contributed by atoms with E-state index in [1.807, 2.05) is 16.8 Å². The molecule has 0 unspecified atom stereocenters. The highest BCUT2D eigenvalue weighted by molar-refractivity contribution is 7.16. The maximum atomic E-state index is 8.97. The van der Waals surface area contributed by atoms with Crippen LogP contribution >= 0.6 is 22.7 Å². The summed E-state index contributed by atoms with van der Waals surface area (Å²) >= 11 is 3.09. The number of anilines is 1. The van der Waals surface area contributed by atoms with Crippen molar-refractivity contribution >= 4 is 38.7 Å². The first-order valence-corrected chi connectivity index (χ1v) is 7.59. The van der Waals surface area contributed by atoms with Crippen molar-refractivity contribution in [1.82, 2.24) is 15.0 Å². The Morgan fingerprint density at radius 1 is 1.26 bits per heavy atom. The molecule has 0 bridgehead atoms. The quantitative estimate of drug-likeness (QED) is 0.755. The van der Waals surface area contributed by atoms with Crippen molar-refractivity contribution in [2.75, 3.05) is 11.9 Å². The number of aliphatic hydroxyl groups excluding tert-OH is 1. The Morgan fingerprint density at radius 2 is 2.21 bits per heavy atom. The third-order valence-electron chi connectivity index (χ3n) is 2.67. The van der Waals surface area contributed by atoms with Gasteiger partial charge in [-0.05, 0) is 11.4 Å². The molecule has 3 aromatic heterocycles. The molecule has 0 aliphatic carbocycles. The first kappa shape index (κ1) is 12.5. The van der Waals surface area contributed by atoms with Crippen LogP contribution in [0.3, 0.4) is 0 Å². The van der Waals surface area contributed by atoms with Gasteiger partial charge in [-0.2, -0.15) is 0 Å². The predicted octanol–water partition coefficient (Wildman–Crippen LogP) is 2.29. The van der Waals surface area contributed by atoms with Gasteiger partial charge in [-0.15, -0.1) is 22.7 Å². The molecule has 0 aromatic carbocycles. The second-order valence-corrected chi connectivity index (χ2v) is 5.77. The summed E-state index contributed by atoms with van der Waals surface area (Å²) < 4.78 is 0. The van der Waals surface area contributed by atoms with E-state index < -0.39 is 0 Å². The summed E-state index contributed by atoms with van der Waals surface area (Å²) in [6.45, 7) is 0.774. The number of thiazole rings is 1. The minimum absolute atomic E-state index is 0.0134. The lowest BCUT2D eigenvalue weighted by Gasteiger charge is -2.04. The molecule has 7 heteroatoms. The average molecular weight is 292 g/mol. The van der Waals surface area contributed by atoms with Crippen molar-refractivity contribution in [3.05, 3.63) is 33.9 Å². The summed E-state index contributed by atoms with van der Waals surface area (Å²) in [7, 11) is 0. The van der Waals surface area contributed by atoms with Crippen LogP contribution in [-0.2, 0) is 13.0 Å². The van der Waals surface area contributed by atoms with Gasteiger partial charge in [-0.1, -0.05) is 0 Å². The molecule has 0 atom stereocenters. The van der Waals surface area contributed by atoms with Gasteiger partial charge < -0.3 is 10.4 Å². The highest BCUT2D eigenvalue weighted by Gasteiger charge is 2.05. The van der Waals surface area contributed by atoms with Crippen molar-refractivity contribution < 1.29 is 5.11 Å². The zero-order valence-corrected chi connectivity index (χ0v) is 11.7. The lowest BCUT2D eigenvalue weighted by atomic mass is 10.3. The molecule has 0 amide bonds. The van der Waals surface area contributed by atoms with Crippen molar-refractivity contribution in [2.45, 2.75) is 13.0 Å². The van der Waals surface area contributed by atoms with Crippen LogP contribution in [0.4, 0.5) is 5.82 Å². The smallest absolute Gasteiger partial charge is 0.138 e. The van der Waals surface area contributed by atoms with Crippen LogP contribution in [0.25, 0.3) is 10.2 Å². The second-order valence-electron chi connectivity index (χ2n) is 3.93. The minimum Gasteiger partial charge on any atom is -0.389 e. The molecule has 0 aliphatic rings. The summed E-state index contributed by atoms with van der Waals surface area (Å²) in [6.07, 6.45) is 2.39. The van der Waals surface area contributed by atoms with Crippen LogP contribution in [0.1, 0.15) is 10.7 Å². The Bertz CT molecular complexity index is 679. The fourth-order valence-corrected chi connectivity index (χ4v) is 3.20. The van der Waals surface area contributed by atoms with E-state index in [1.165, 1.54) is 11.3 Å². The first-order chi connectivity index (χ1) is 9.36. The number of hydrogen-bond acceptors (Lipinski definition) is 7. The number of nitrogens with zero attached hydrogens (tertiary/aromatic N) is 3. The number of aliphatic hydroxyl groups is 1. The molecule has 3 heterocycles. The molecule has 0 radical (unpaired) electrons. The molecule has 0 spiro atoms. The molecule has 5 nitrogen and oxygen atoms in total. The highest BCUT2D eigenvalue weighted by atomic mass is 32.1. The molecular formula is C12H12N4OS2. The van der Waals surface area contributed by atoms with Gasteiger partial charge in [0.25, 0.3) is 0 Å². The largest absolute Gasteiger partial charge is 0.389 e. The number of hydrogen-bond donors (Lipinski definition) is 2. The van der Waals surface area contributed by atoms with Gasteiger partial charge in [-0.25, -0.2) is 15.0 Å². The molecule has 0 fully saturated rings. The Morgan fingerprint density at radius 3 is 3.05 bits per heavy atom. The molecule has 3 aromatic rings. The molecule has 19 heavy (non-hydrogen) atoms. The summed E-state index contributed by atoms with van der Waals surface area (Å²) in [5, 5.41) is 18.1. The maximum absolute atomic E-state index is 8.97. The van der Waals surface area contributed by atoms with E-state index in [4.69, 9.17) is 5.11 Å². The van der Waals surface area contributed by atoms with Crippen molar-refractivity contribution in [3.8, 4) is 0 Å². The van der Waals surface area contributed by atoms with Gasteiger partial charge >= 0.3 is 0 Å². The van der Waals surface area contributed by atoms with E-state index in [2.05, 4.69) is 20.3 Å². The van der Waals surface area contributed by atoms with E-state index in [-0.39, 0.29) is 6.61 Å². The summed E-state index contributed by atoms with van der Waals surface area (Å²) in [5.74, 6) is 0.865.